The number of unbranched alkanes of at least 4 members (excludes halogenated alkanes) is 10. The topological polar surface area (TPSA) is 153 Å². The predicted octanol–water partition coefficient (Wildman–Crippen LogP) is 10.4. The molecule has 5 rings (SSSR count). The van der Waals surface area contributed by atoms with E-state index in [-0.39, 0.29) is 36.1 Å². The number of anilines is 1. The number of halogens is 1. The summed E-state index contributed by atoms with van der Waals surface area (Å²) >= 11 is 0. The quantitative estimate of drug-likeness (QED) is 0.0270. The maximum Gasteiger partial charge on any atom is 0.459 e. The Morgan fingerprint density at radius 1 is 0.947 bits per heavy atom. The molecule has 12 nitrogen and oxygen atoms in total. The zero-order valence-corrected chi connectivity index (χ0v) is 34.8. The molecule has 4 aromatic rings. The van der Waals surface area contributed by atoms with Crippen molar-refractivity contribution < 1.29 is 32.3 Å². The molecule has 0 aliphatic carbocycles. The normalized spacial score (nSPS) is 18.5. The van der Waals surface area contributed by atoms with Crippen molar-refractivity contribution in [2.45, 2.75) is 154 Å². The van der Waals surface area contributed by atoms with Gasteiger partial charge in [-0.25, -0.2) is 9.55 Å². The van der Waals surface area contributed by atoms with E-state index in [1.807, 2.05) is 43.3 Å². The lowest BCUT2D eigenvalue weighted by Gasteiger charge is -2.30. The number of carbonyl (C=O) groups is 1. The minimum atomic E-state index is -4.27. The van der Waals surface area contributed by atoms with E-state index >= 15 is 0 Å². The summed E-state index contributed by atoms with van der Waals surface area (Å²) in [5, 5.41) is 3.02. The molecular weight excluding hydrogens is 746 g/mol. The van der Waals surface area contributed by atoms with Crippen molar-refractivity contribution in [3.8, 4) is 5.75 Å². The van der Waals surface area contributed by atoms with Gasteiger partial charge in [-0.3, -0.25) is 13.9 Å². The van der Waals surface area contributed by atoms with Gasteiger partial charge in [-0.15, -0.1) is 0 Å². The van der Waals surface area contributed by atoms with Crippen LogP contribution in [-0.4, -0.2) is 49.8 Å². The SMILES string of the molecule is CCCCCCCCC(CCCCCCCC)OC(=O)[C@H](Cc1ccccc1)NP(=O)(OC[C@]1(C)CC[C@H](n2cnc3c(N)nc(F)nc32)O1)Oc1ccccc1. The number of imidazole rings is 1. The van der Waals surface area contributed by atoms with Crippen LogP contribution in [0, 0.1) is 6.08 Å². The maximum atomic E-state index is 14.9. The van der Waals surface area contributed by atoms with E-state index in [0.29, 0.717) is 18.6 Å². The molecule has 1 aliphatic rings. The van der Waals surface area contributed by atoms with Crippen LogP contribution in [0.5, 0.6) is 5.75 Å². The fraction of sp³-hybridized carbons (Fsp3) is 0.581. The summed E-state index contributed by atoms with van der Waals surface area (Å²) in [5.41, 5.74) is 6.30. The molecule has 0 amide bonds. The van der Waals surface area contributed by atoms with E-state index in [9.17, 15) is 13.8 Å². The van der Waals surface area contributed by atoms with Gasteiger partial charge in [0.25, 0.3) is 0 Å². The monoisotopic (exact) mass is 808 g/mol. The molecule has 57 heavy (non-hydrogen) atoms. The van der Waals surface area contributed by atoms with Crippen LogP contribution in [0.15, 0.2) is 67.0 Å². The van der Waals surface area contributed by atoms with Gasteiger partial charge in [0, 0.05) is 0 Å². The number of nitrogens with zero attached hydrogens (tertiary/aromatic N) is 4. The number of aromatic nitrogens is 4. The first kappa shape index (κ1) is 44.2. The number of nitrogens with one attached hydrogen (secondary N) is 1. The van der Waals surface area contributed by atoms with Crippen molar-refractivity contribution in [1.29, 1.82) is 0 Å². The number of fused-ring (bicyclic) bond motifs is 1. The van der Waals surface area contributed by atoms with Gasteiger partial charge in [0.2, 0.25) is 0 Å². The van der Waals surface area contributed by atoms with Crippen LogP contribution in [0.3, 0.4) is 0 Å². The van der Waals surface area contributed by atoms with Crippen molar-refractivity contribution in [2.75, 3.05) is 12.3 Å². The number of nitrogen functional groups attached to an aromatic ring is 1. The Kier molecular flexibility index (Phi) is 17.3. The van der Waals surface area contributed by atoms with Crippen LogP contribution >= 0.6 is 7.75 Å². The van der Waals surface area contributed by atoms with Crippen LogP contribution in [0.2, 0.25) is 0 Å². The predicted molar refractivity (Wildman–Crippen MR) is 221 cm³/mol. The fourth-order valence-electron chi connectivity index (χ4n) is 7.27. The van der Waals surface area contributed by atoms with Gasteiger partial charge < -0.3 is 19.7 Å². The van der Waals surface area contributed by atoms with Crippen LogP contribution in [-0.2, 0) is 29.8 Å². The van der Waals surface area contributed by atoms with Crippen molar-refractivity contribution in [2.24, 2.45) is 0 Å². The van der Waals surface area contributed by atoms with Gasteiger partial charge >= 0.3 is 19.8 Å². The Morgan fingerprint density at radius 3 is 2.21 bits per heavy atom. The highest BCUT2D eigenvalue weighted by Gasteiger charge is 2.42. The molecule has 2 aromatic heterocycles. The number of hydrogen-bond acceptors (Lipinski definition) is 10. The van der Waals surface area contributed by atoms with E-state index in [2.05, 4.69) is 33.9 Å². The number of nitrogens with two attached hydrogens (primary N) is 1. The van der Waals surface area contributed by atoms with Crippen molar-refractivity contribution in [3.05, 3.63) is 78.6 Å². The van der Waals surface area contributed by atoms with E-state index in [1.165, 1.54) is 57.7 Å². The molecule has 14 heteroatoms. The van der Waals surface area contributed by atoms with E-state index < -0.39 is 37.7 Å². The smallest absolute Gasteiger partial charge is 0.459 e. The van der Waals surface area contributed by atoms with E-state index in [1.54, 1.807) is 28.8 Å². The third kappa shape index (κ3) is 13.9. The first-order valence-electron chi connectivity index (χ1n) is 20.9. The number of para-hydroxylation sites is 1. The number of hydrogen-bond donors (Lipinski definition) is 2. The van der Waals surface area contributed by atoms with E-state index in [0.717, 1.165) is 44.1 Å². The standard InChI is InChI=1S/C43H62FN6O6P/c1-4-6-8-10-12-18-24-34(25-19-13-11-9-7-5-2)54-41(51)36(30-33-22-16-14-17-23-33)49-57(52,56-35-26-20-15-21-27-35)53-31-43(3)29-28-37(55-43)50-32-46-38-39(45)47-42(44)48-40(38)50/h14-17,20-23,26-27,32,34,36-37H,4-13,18-19,24-25,28-31H2,1-3H3,(H,49,52)(H2,45,47,48)/t36-,37+,43-,57?/m0/s1. The van der Waals surface area contributed by atoms with Gasteiger partial charge in [-0.1, -0.05) is 127 Å². The van der Waals surface area contributed by atoms with E-state index in [4.69, 9.17) is 24.3 Å². The Labute approximate surface area is 337 Å². The summed E-state index contributed by atoms with van der Waals surface area (Å²) in [6.45, 7) is 6.12. The molecule has 2 aromatic carbocycles. The average molecular weight is 809 g/mol. The summed E-state index contributed by atoms with van der Waals surface area (Å²) in [7, 11) is -4.27. The number of rotatable bonds is 26. The number of ether oxygens (including phenoxy) is 2. The van der Waals surface area contributed by atoms with Gasteiger partial charge in [-0.05, 0) is 69.6 Å². The molecular formula is C43H62FN6O6P. The summed E-state index contributed by atoms with van der Waals surface area (Å²) in [5.74, 6) is -0.251. The van der Waals surface area contributed by atoms with Crippen LogP contribution in [0.25, 0.3) is 11.2 Å². The molecule has 3 heterocycles. The molecule has 3 N–H and O–H groups in total. The van der Waals surface area contributed by atoms with Crippen LogP contribution in [0.4, 0.5) is 10.2 Å². The summed E-state index contributed by atoms with van der Waals surface area (Å²) < 4.78 is 55.7. The first-order chi connectivity index (χ1) is 27.6. The fourth-order valence-corrected chi connectivity index (χ4v) is 8.87. The zero-order chi connectivity index (χ0) is 40.5. The molecule has 4 atom stereocenters. The molecule has 0 saturated carbocycles. The summed E-state index contributed by atoms with van der Waals surface area (Å²) in [4.78, 5) is 26.0. The van der Waals surface area contributed by atoms with Crippen LogP contribution in [0.1, 0.15) is 135 Å². The minimum Gasteiger partial charge on any atom is -0.461 e. The largest absolute Gasteiger partial charge is 0.461 e. The number of carbonyl (C=O) groups excluding carboxylic acids is 1. The maximum absolute atomic E-state index is 14.9. The second-order valence-electron chi connectivity index (χ2n) is 15.5. The molecule has 312 valence electrons. The molecule has 1 aliphatic heterocycles. The van der Waals surface area contributed by atoms with Gasteiger partial charge in [-0.2, -0.15) is 19.4 Å². The lowest BCUT2D eigenvalue weighted by molar-refractivity contribution is -0.152. The van der Waals surface area contributed by atoms with Crippen LogP contribution < -0.4 is 15.3 Å². The molecule has 1 unspecified atom stereocenters. The second-order valence-corrected chi connectivity index (χ2v) is 17.2. The van der Waals surface area contributed by atoms with Crippen molar-refractivity contribution in [1.82, 2.24) is 24.6 Å². The Balaban J connectivity index is 1.32. The molecule has 0 spiro atoms. The molecule has 1 saturated heterocycles. The molecule has 0 bridgehead atoms. The average Bonchev–Trinajstić information content (AvgIpc) is 3.81. The lowest BCUT2D eigenvalue weighted by Crippen LogP contribution is -2.42. The first-order valence-corrected chi connectivity index (χ1v) is 22.5. The number of benzene rings is 2. The third-order valence-corrected chi connectivity index (χ3v) is 12.1. The third-order valence-electron chi connectivity index (χ3n) is 10.5. The summed E-state index contributed by atoms with van der Waals surface area (Å²) in [6, 6.07) is 17.3. The minimum absolute atomic E-state index is 0.0647. The van der Waals surface area contributed by atoms with Gasteiger partial charge in [0.05, 0.1) is 18.5 Å². The zero-order valence-electron chi connectivity index (χ0n) is 34.0. The van der Waals surface area contributed by atoms with Crippen molar-refractivity contribution >= 4 is 30.7 Å². The molecule has 0 radical (unpaired) electrons. The second kappa shape index (κ2) is 22.3. The Morgan fingerprint density at radius 2 is 1.56 bits per heavy atom. The Bertz CT molecular complexity index is 1840. The summed E-state index contributed by atoms with van der Waals surface area (Å²) in [6.07, 6.45) is 16.3. The van der Waals surface area contributed by atoms with Crippen molar-refractivity contribution in [3.63, 3.8) is 0 Å². The van der Waals surface area contributed by atoms with Gasteiger partial charge in [0.1, 0.15) is 24.1 Å². The lowest BCUT2D eigenvalue weighted by atomic mass is 10.0. The Hall–Kier alpha value is -3.90. The highest BCUT2D eigenvalue weighted by atomic mass is 31.2. The number of esters is 1. The highest BCUT2D eigenvalue weighted by molar-refractivity contribution is 7.52. The highest BCUT2D eigenvalue weighted by Crippen LogP contribution is 2.48. The molecule has 1 fully saturated rings. The van der Waals surface area contributed by atoms with Gasteiger partial charge in [0.15, 0.2) is 17.0 Å².